The average molecular weight is 346 g/mol. The van der Waals surface area contributed by atoms with Crippen LogP contribution in [0.15, 0.2) is 18.2 Å². The smallest absolute Gasteiger partial charge is 0.358 e. The zero-order valence-electron chi connectivity index (χ0n) is 13.0. The third kappa shape index (κ3) is 3.63. The van der Waals surface area contributed by atoms with Gasteiger partial charge in [-0.05, 0) is 17.9 Å². The second kappa shape index (κ2) is 6.07. The highest BCUT2D eigenvalue weighted by Crippen LogP contribution is 2.39. The molecule has 1 N–H and O–H groups in total. The van der Waals surface area contributed by atoms with Crippen LogP contribution >= 0.6 is 11.8 Å². The molecular formula is C15H17F3N2O2S. The topological polar surface area (TPSA) is 58.9 Å². The maximum absolute atomic E-state index is 13.0. The number of halogens is 3. The number of H-pyrrole nitrogens is 1. The molecular weight excluding hydrogens is 329 g/mol. The van der Waals surface area contributed by atoms with E-state index in [0.717, 1.165) is 29.3 Å². The fourth-order valence-corrected chi connectivity index (χ4v) is 3.22. The van der Waals surface area contributed by atoms with E-state index >= 15 is 0 Å². The SMILES string of the molecule is CCSCC(C)(C)c1cc2cc([N+](=O)[O-])c(C(F)(F)F)cc2[nH]1. The minimum atomic E-state index is -4.77. The first kappa shape index (κ1) is 17.7. The van der Waals surface area contributed by atoms with Crippen molar-refractivity contribution in [3.63, 3.8) is 0 Å². The van der Waals surface area contributed by atoms with Crippen molar-refractivity contribution in [3.05, 3.63) is 39.6 Å². The maximum Gasteiger partial charge on any atom is 0.423 e. The van der Waals surface area contributed by atoms with E-state index in [0.29, 0.717) is 5.39 Å². The molecule has 0 saturated carbocycles. The van der Waals surface area contributed by atoms with E-state index in [9.17, 15) is 23.3 Å². The predicted octanol–water partition coefficient (Wildman–Crippen LogP) is 5.13. The van der Waals surface area contributed by atoms with Crippen LogP contribution in [0.2, 0.25) is 0 Å². The average Bonchev–Trinajstić information content (AvgIpc) is 2.86. The van der Waals surface area contributed by atoms with Gasteiger partial charge >= 0.3 is 6.18 Å². The lowest BCUT2D eigenvalue weighted by Gasteiger charge is -2.22. The van der Waals surface area contributed by atoms with Crippen molar-refractivity contribution in [3.8, 4) is 0 Å². The van der Waals surface area contributed by atoms with Crippen molar-refractivity contribution in [2.24, 2.45) is 0 Å². The molecule has 1 heterocycles. The first-order valence-corrected chi connectivity index (χ1v) is 8.18. The van der Waals surface area contributed by atoms with Gasteiger partial charge in [0.1, 0.15) is 5.56 Å². The van der Waals surface area contributed by atoms with Crippen LogP contribution in [-0.4, -0.2) is 21.4 Å². The van der Waals surface area contributed by atoms with Crippen molar-refractivity contribution in [2.45, 2.75) is 32.4 Å². The highest BCUT2D eigenvalue weighted by atomic mass is 32.2. The van der Waals surface area contributed by atoms with Crippen molar-refractivity contribution in [2.75, 3.05) is 11.5 Å². The van der Waals surface area contributed by atoms with Crippen LogP contribution in [0.4, 0.5) is 18.9 Å². The van der Waals surface area contributed by atoms with E-state index in [1.807, 2.05) is 20.8 Å². The number of benzene rings is 1. The van der Waals surface area contributed by atoms with Gasteiger partial charge in [0.15, 0.2) is 0 Å². The second-order valence-electron chi connectivity index (χ2n) is 5.92. The number of hydrogen-bond donors (Lipinski definition) is 1. The molecule has 8 heteroatoms. The van der Waals surface area contributed by atoms with Gasteiger partial charge in [0.25, 0.3) is 5.69 Å². The molecule has 0 aliphatic heterocycles. The number of nitrogens with one attached hydrogen (secondary N) is 1. The van der Waals surface area contributed by atoms with Crippen molar-refractivity contribution < 1.29 is 18.1 Å². The summed E-state index contributed by atoms with van der Waals surface area (Å²) >= 11 is 1.73. The van der Waals surface area contributed by atoms with Gasteiger partial charge in [-0.2, -0.15) is 24.9 Å². The number of thioether (sulfide) groups is 1. The van der Waals surface area contributed by atoms with E-state index < -0.39 is 22.4 Å². The molecule has 1 aromatic heterocycles. The predicted molar refractivity (Wildman–Crippen MR) is 86.0 cm³/mol. The summed E-state index contributed by atoms with van der Waals surface area (Å²) in [7, 11) is 0. The highest BCUT2D eigenvalue weighted by Gasteiger charge is 2.39. The molecule has 0 fully saturated rings. The lowest BCUT2D eigenvalue weighted by atomic mass is 9.92. The Kier molecular flexibility index (Phi) is 4.66. The van der Waals surface area contributed by atoms with Crippen LogP contribution in [0, 0.1) is 10.1 Å². The minimum absolute atomic E-state index is 0.257. The van der Waals surface area contributed by atoms with Crippen molar-refractivity contribution in [1.82, 2.24) is 4.98 Å². The molecule has 23 heavy (non-hydrogen) atoms. The highest BCUT2D eigenvalue weighted by molar-refractivity contribution is 7.99. The van der Waals surface area contributed by atoms with Crippen LogP contribution in [0.5, 0.6) is 0 Å². The third-order valence-corrected chi connectivity index (χ3v) is 4.97. The molecule has 0 spiro atoms. The summed E-state index contributed by atoms with van der Waals surface area (Å²) in [5.74, 6) is 1.73. The van der Waals surface area contributed by atoms with Gasteiger partial charge < -0.3 is 4.98 Å². The summed E-state index contributed by atoms with van der Waals surface area (Å²) in [5.41, 5.74) is -1.40. The maximum atomic E-state index is 13.0. The Balaban J connectivity index is 2.58. The number of aromatic nitrogens is 1. The monoisotopic (exact) mass is 346 g/mol. The molecule has 2 aromatic rings. The van der Waals surface area contributed by atoms with Gasteiger partial charge in [0.05, 0.1) is 4.92 Å². The largest absolute Gasteiger partial charge is 0.423 e. The van der Waals surface area contributed by atoms with Gasteiger partial charge in [0, 0.05) is 33.8 Å². The number of fused-ring (bicyclic) bond motifs is 1. The lowest BCUT2D eigenvalue weighted by molar-refractivity contribution is -0.387. The van der Waals surface area contributed by atoms with Gasteiger partial charge in [-0.1, -0.05) is 20.8 Å². The molecule has 126 valence electrons. The summed E-state index contributed by atoms with van der Waals surface area (Å²) in [6.07, 6.45) is -4.77. The van der Waals surface area contributed by atoms with E-state index in [2.05, 4.69) is 4.98 Å². The molecule has 1 aromatic carbocycles. The first-order chi connectivity index (χ1) is 10.6. The zero-order chi connectivity index (χ0) is 17.4. The number of hydrogen-bond acceptors (Lipinski definition) is 3. The van der Waals surface area contributed by atoms with Crippen molar-refractivity contribution >= 4 is 28.4 Å². The molecule has 0 aliphatic carbocycles. The summed E-state index contributed by atoms with van der Waals surface area (Å²) in [6, 6.07) is 3.50. The molecule has 4 nitrogen and oxygen atoms in total. The van der Waals surface area contributed by atoms with E-state index in [1.54, 1.807) is 17.8 Å². The molecule has 0 amide bonds. The molecule has 0 atom stereocenters. The van der Waals surface area contributed by atoms with Crippen LogP contribution in [-0.2, 0) is 11.6 Å². The molecule has 0 radical (unpaired) electrons. The quantitative estimate of drug-likeness (QED) is 0.603. The van der Waals surface area contributed by atoms with Crippen LogP contribution in [0.1, 0.15) is 32.0 Å². The molecule has 0 unspecified atom stereocenters. The number of rotatable bonds is 5. The van der Waals surface area contributed by atoms with E-state index in [1.165, 1.54) is 0 Å². The van der Waals surface area contributed by atoms with E-state index in [4.69, 9.17) is 0 Å². The Morgan fingerprint density at radius 3 is 2.43 bits per heavy atom. The number of aromatic amines is 1. The molecule has 0 saturated heterocycles. The Bertz CT molecular complexity index is 738. The molecule has 0 bridgehead atoms. The standard InChI is InChI=1S/C15H17F3N2O2S/c1-4-23-8-14(2,3)13-6-9-5-12(20(21)22)10(15(16,17)18)7-11(9)19-13/h5-7,19H,4,8H2,1-3H3. The summed E-state index contributed by atoms with van der Waals surface area (Å²) < 4.78 is 39.1. The Hall–Kier alpha value is -1.70. The fraction of sp³-hybridized carbons (Fsp3) is 0.467. The number of nitro benzene ring substituents is 1. The number of nitrogens with zero attached hydrogens (tertiary/aromatic N) is 1. The van der Waals surface area contributed by atoms with Crippen LogP contribution < -0.4 is 0 Å². The van der Waals surface area contributed by atoms with Crippen molar-refractivity contribution in [1.29, 1.82) is 0 Å². The Labute approximate surface area is 135 Å². The Morgan fingerprint density at radius 1 is 1.26 bits per heavy atom. The Morgan fingerprint density at radius 2 is 1.91 bits per heavy atom. The lowest BCUT2D eigenvalue weighted by Crippen LogP contribution is -2.21. The first-order valence-electron chi connectivity index (χ1n) is 7.03. The molecule has 0 aliphatic rings. The summed E-state index contributed by atoms with van der Waals surface area (Å²) in [4.78, 5) is 12.9. The van der Waals surface area contributed by atoms with Gasteiger partial charge in [0.2, 0.25) is 0 Å². The van der Waals surface area contributed by atoms with Crippen LogP contribution in [0.25, 0.3) is 10.9 Å². The summed E-state index contributed by atoms with van der Waals surface area (Å²) in [5, 5.41) is 11.4. The summed E-state index contributed by atoms with van der Waals surface area (Å²) in [6.45, 7) is 6.00. The van der Waals surface area contributed by atoms with Gasteiger partial charge in [-0.25, -0.2) is 0 Å². The zero-order valence-corrected chi connectivity index (χ0v) is 13.8. The number of nitro groups is 1. The van der Waals surface area contributed by atoms with E-state index in [-0.39, 0.29) is 10.9 Å². The van der Waals surface area contributed by atoms with Gasteiger partial charge in [-0.15, -0.1) is 0 Å². The number of alkyl halides is 3. The van der Waals surface area contributed by atoms with Gasteiger partial charge in [-0.3, -0.25) is 10.1 Å². The minimum Gasteiger partial charge on any atom is -0.358 e. The second-order valence-corrected chi connectivity index (χ2v) is 7.19. The normalized spacial score (nSPS) is 12.8. The van der Waals surface area contributed by atoms with Crippen LogP contribution in [0.3, 0.4) is 0 Å². The fourth-order valence-electron chi connectivity index (χ4n) is 2.35. The molecule has 2 rings (SSSR count). The third-order valence-electron chi connectivity index (χ3n) is 3.64.